The van der Waals surface area contributed by atoms with E-state index in [1.807, 2.05) is 6.92 Å². The summed E-state index contributed by atoms with van der Waals surface area (Å²) in [5.41, 5.74) is -0.758. The Morgan fingerprint density at radius 2 is 2.53 bits per heavy atom. The van der Waals surface area contributed by atoms with Crippen molar-refractivity contribution in [2.75, 3.05) is 6.54 Å². The van der Waals surface area contributed by atoms with Gasteiger partial charge in [-0.1, -0.05) is 24.9 Å². The lowest BCUT2D eigenvalue weighted by atomic mass is 9.84. The van der Waals surface area contributed by atoms with Crippen LogP contribution in [0.1, 0.15) is 32.6 Å². The molecule has 6 heteroatoms. The normalized spacial score (nSPS) is 26.7. The maximum absolute atomic E-state index is 11.6. The van der Waals surface area contributed by atoms with Crippen LogP contribution in [0.25, 0.3) is 0 Å². The summed E-state index contributed by atoms with van der Waals surface area (Å²) in [5, 5.41) is 17.5. The van der Waals surface area contributed by atoms with E-state index in [2.05, 4.69) is 10.4 Å². The molecule has 1 aliphatic rings. The van der Waals surface area contributed by atoms with Crippen molar-refractivity contribution in [2.45, 2.75) is 44.7 Å². The Kier molecular flexibility index (Phi) is 4.47. The van der Waals surface area contributed by atoms with Crippen molar-refractivity contribution < 1.29 is 9.90 Å². The minimum absolute atomic E-state index is 0.146. The van der Waals surface area contributed by atoms with Crippen molar-refractivity contribution in [3.05, 3.63) is 17.4 Å². The summed E-state index contributed by atoms with van der Waals surface area (Å²) in [6, 6.07) is 0. The number of hydrogen-bond donors (Lipinski definition) is 2. The van der Waals surface area contributed by atoms with Gasteiger partial charge in [-0.15, -0.1) is 0 Å². The number of hydrogen-bond acceptors (Lipinski definition) is 3. The highest BCUT2D eigenvalue weighted by atomic mass is 35.5. The maximum Gasteiger partial charge on any atom is 0.324 e. The number of carboxylic acid groups (broad SMARTS) is 1. The first-order chi connectivity index (χ1) is 9.08. The molecule has 106 valence electrons. The van der Waals surface area contributed by atoms with Crippen LogP contribution < -0.4 is 5.32 Å². The molecule has 2 N–H and O–H groups in total. The molecule has 2 unspecified atom stereocenters. The molecule has 5 nitrogen and oxygen atoms in total. The van der Waals surface area contributed by atoms with Crippen molar-refractivity contribution in [3.63, 3.8) is 0 Å². The molecule has 0 aliphatic heterocycles. The Labute approximate surface area is 117 Å². The van der Waals surface area contributed by atoms with E-state index in [4.69, 9.17) is 11.6 Å². The van der Waals surface area contributed by atoms with E-state index >= 15 is 0 Å². The molecule has 19 heavy (non-hydrogen) atoms. The van der Waals surface area contributed by atoms with E-state index in [1.54, 1.807) is 17.1 Å². The van der Waals surface area contributed by atoms with Crippen molar-refractivity contribution in [3.8, 4) is 0 Å². The maximum atomic E-state index is 11.6. The fourth-order valence-electron chi connectivity index (χ4n) is 3.12. The Hall–Kier alpha value is -1.07. The van der Waals surface area contributed by atoms with Crippen LogP contribution in [-0.2, 0) is 11.3 Å². The standard InChI is InChI=1S/C13H20ClN3O2/c1-2-15-13(12(18)19)6-3-4-10(13)5-7-17-9-11(14)8-16-17/h8-10,15H,2-7H2,1H3,(H,18,19). The number of aliphatic carboxylic acids is 1. The molecule has 1 saturated carbocycles. The monoisotopic (exact) mass is 285 g/mol. The third kappa shape index (κ3) is 2.92. The average molecular weight is 286 g/mol. The second kappa shape index (κ2) is 5.92. The highest BCUT2D eigenvalue weighted by Crippen LogP contribution is 2.38. The van der Waals surface area contributed by atoms with Crippen LogP contribution in [-0.4, -0.2) is 32.9 Å². The number of nitrogens with zero attached hydrogens (tertiary/aromatic N) is 2. The zero-order valence-electron chi connectivity index (χ0n) is 11.1. The number of aromatic nitrogens is 2. The zero-order valence-corrected chi connectivity index (χ0v) is 11.9. The molecule has 2 rings (SSSR count). The van der Waals surface area contributed by atoms with E-state index in [-0.39, 0.29) is 5.92 Å². The number of aryl methyl sites for hydroxylation is 1. The third-order valence-corrected chi connectivity index (χ3v) is 4.20. The molecule has 1 aromatic rings. The van der Waals surface area contributed by atoms with Crippen molar-refractivity contribution in [1.82, 2.24) is 15.1 Å². The summed E-state index contributed by atoms with van der Waals surface area (Å²) >= 11 is 5.82. The van der Waals surface area contributed by atoms with E-state index in [1.165, 1.54) is 0 Å². The molecule has 1 fully saturated rings. The number of nitrogens with one attached hydrogen (secondary N) is 1. The molecule has 0 radical (unpaired) electrons. The van der Waals surface area contributed by atoms with E-state index in [0.29, 0.717) is 24.5 Å². The Balaban J connectivity index is 2.03. The molecular weight excluding hydrogens is 266 g/mol. The van der Waals surface area contributed by atoms with Crippen LogP contribution in [0.3, 0.4) is 0 Å². The summed E-state index contributed by atoms with van der Waals surface area (Å²) in [7, 11) is 0. The zero-order chi connectivity index (χ0) is 13.9. The summed E-state index contributed by atoms with van der Waals surface area (Å²) in [4.78, 5) is 11.6. The van der Waals surface area contributed by atoms with Gasteiger partial charge in [-0.3, -0.25) is 9.48 Å². The van der Waals surface area contributed by atoms with Crippen LogP contribution in [0.15, 0.2) is 12.4 Å². The van der Waals surface area contributed by atoms with Gasteiger partial charge in [-0.25, -0.2) is 0 Å². The first-order valence-electron chi connectivity index (χ1n) is 6.75. The SMILES string of the molecule is CCNC1(C(=O)O)CCCC1CCn1cc(Cl)cn1. The minimum Gasteiger partial charge on any atom is -0.480 e. The van der Waals surface area contributed by atoms with Crippen molar-refractivity contribution >= 4 is 17.6 Å². The highest BCUT2D eigenvalue weighted by molar-refractivity contribution is 6.30. The quantitative estimate of drug-likeness (QED) is 0.840. The molecule has 0 saturated heterocycles. The Morgan fingerprint density at radius 1 is 1.74 bits per heavy atom. The predicted octanol–water partition coefficient (Wildman–Crippen LogP) is 2.16. The Bertz CT molecular complexity index is 449. The average Bonchev–Trinajstić information content (AvgIpc) is 2.94. The van der Waals surface area contributed by atoms with E-state index in [9.17, 15) is 9.90 Å². The van der Waals surface area contributed by atoms with Gasteiger partial charge in [0.2, 0.25) is 0 Å². The largest absolute Gasteiger partial charge is 0.480 e. The van der Waals surface area contributed by atoms with Crippen molar-refractivity contribution in [2.24, 2.45) is 5.92 Å². The summed E-state index contributed by atoms with van der Waals surface area (Å²) in [5.74, 6) is -0.580. The number of halogens is 1. The lowest BCUT2D eigenvalue weighted by Gasteiger charge is -2.32. The third-order valence-electron chi connectivity index (χ3n) is 4.00. The number of likely N-dealkylation sites (N-methyl/N-ethyl adjacent to an activating group) is 1. The lowest BCUT2D eigenvalue weighted by Crippen LogP contribution is -2.54. The first kappa shape index (κ1) is 14.3. The van der Waals surface area contributed by atoms with E-state index in [0.717, 1.165) is 19.3 Å². The number of carboxylic acids is 1. The molecule has 2 atom stereocenters. The Morgan fingerprint density at radius 3 is 3.11 bits per heavy atom. The van der Waals surface area contributed by atoms with Gasteiger partial charge in [-0.05, 0) is 31.7 Å². The van der Waals surface area contributed by atoms with Gasteiger partial charge >= 0.3 is 5.97 Å². The van der Waals surface area contributed by atoms with Crippen LogP contribution in [0.2, 0.25) is 5.02 Å². The molecule has 1 aromatic heterocycles. The summed E-state index contributed by atoms with van der Waals surface area (Å²) in [6.45, 7) is 3.33. The first-order valence-corrected chi connectivity index (χ1v) is 7.12. The van der Waals surface area contributed by atoms with E-state index < -0.39 is 11.5 Å². The van der Waals surface area contributed by atoms with Gasteiger partial charge in [0.05, 0.1) is 11.2 Å². The van der Waals surface area contributed by atoms with Gasteiger partial charge < -0.3 is 10.4 Å². The van der Waals surface area contributed by atoms with Gasteiger partial charge in [-0.2, -0.15) is 5.10 Å². The van der Waals surface area contributed by atoms with Crippen LogP contribution in [0.5, 0.6) is 0 Å². The molecule has 0 spiro atoms. The second-order valence-corrected chi connectivity index (χ2v) is 5.54. The molecule has 0 bridgehead atoms. The topological polar surface area (TPSA) is 67.2 Å². The molecule has 0 amide bonds. The van der Waals surface area contributed by atoms with Crippen LogP contribution in [0, 0.1) is 5.92 Å². The van der Waals surface area contributed by atoms with Gasteiger partial charge in [0.25, 0.3) is 0 Å². The highest BCUT2D eigenvalue weighted by Gasteiger charge is 2.48. The summed E-state index contributed by atoms with van der Waals surface area (Å²) < 4.78 is 1.78. The lowest BCUT2D eigenvalue weighted by molar-refractivity contribution is -0.146. The summed E-state index contributed by atoms with van der Waals surface area (Å²) in [6.07, 6.45) is 6.80. The number of carbonyl (C=O) groups is 1. The fraction of sp³-hybridized carbons (Fsp3) is 0.692. The van der Waals surface area contributed by atoms with Gasteiger partial charge in [0.1, 0.15) is 5.54 Å². The molecule has 0 aromatic carbocycles. The van der Waals surface area contributed by atoms with Crippen LogP contribution in [0.4, 0.5) is 0 Å². The fourth-order valence-corrected chi connectivity index (χ4v) is 3.28. The number of rotatable bonds is 6. The predicted molar refractivity (Wildman–Crippen MR) is 73.2 cm³/mol. The second-order valence-electron chi connectivity index (χ2n) is 5.11. The minimum atomic E-state index is -0.758. The molecular formula is C13H20ClN3O2. The van der Waals surface area contributed by atoms with Gasteiger partial charge in [0, 0.05) is 12.7 Å². The molecule has 1 aliphatic carbocycles. The van der Waals surface area contributed by atoms with Crippen LogP contribution >= 0.6 is 11.6 Å². The van der Waals surface area contributed by atoms with Gasteiger partial charge in [0.15, 0.2) is 0 Å². The molecule has 1 heterocycles. The smallest absolute Gasteiger partial charge is 0.324 e. The van der Waals surface area contributed by atoms with Crippen molar-refractivity contribution in [1.29, 1.82) is 0 Å².